The highest BCUT2D eigenvalue weighted by molar-refractivity contribution is 7.81. The summed E-state index contributed by atoms with van der Waals surface area (Å²) in [4.78, 5) is 16.4. The molecule has 0 bridgehead atoms. The van der Waals surface area contributed by atoms with Crippen LogP contribution in [-0.4, -0.2) is 34.4 Å². The normalized spacial score (nSPS) is 20.7. The number of hydrogen-bond donors (Lipinski definition) is 1. The van der Waals surface area contributed by atoms with Crippen LogP contribution in [0.2, 0.25) is 0 Å². The Morgan fingerprint density at radius 1 is 1.21 bits per heavy atom. The van der Waals surface area contributed by atoms with Crippen molar-refractivity contribution in [2.75, 3.05) is 16.4 Å². The predicted octanol–water partition coefficient (Wildman–Crippen LogP) is 4.40. The summed E-state index contributed by atoms with van der Waals surface area (Å²) < 4.78 is 46.3. The van der Waals surface area contributed by atoms with Gasteiger partial charge < -0.3 is 14.7 Å². The van der Waals surface area contributed by atoms with E-state index < -0.39 is 28.9 Å². The van der Waals surface area contributed by atoms with Crippen LogP contribution in [-0.2, 0) is 11.0 Å². The van der Waals surface area contributed by atoms with Crippen LogP contribution < -0.4 is 14.5 Å². The molecular formula is C24H18F3N3O3S. The first-order chi connectivity index (χ1) is 16.2. The van der Waals surface area contributed by atoms with Crippen LogP contribution in [0.1, 0.15) is 36.0 Å². The number of thiocarbonyl (C=S) groups is 1. The van der Waals surface area contributed by atoms with E-state index in [0.717, 1.165) is 29.0 Å². The fourth-order valence-corrected chi connectivity index (χ4v) is 5.10. The Labute approximate surface area is 198 Å². The highest BCUT2D eigenvalue weighted by Crippen LogP contribution is 2.49. The largest absolute Gasteiger partial charge is 0.483 e. The maximum atomic E-state index is 13.6. The number of alkyl halides is 3. The summed E-state index contributed by atoms with van der Waals surface area (Å²) in [6.45, 7) is -0.162. The number of rotatable bonds is 3. The number of hydrogen-bond acceptors (Lipinski definition) is 5. The van der Waals surface area contributed by atoms with Crippen LogP contribution in [0.3, 0.4) is 0 Å². The number of nitriles is 1. The molecule has 1 atom stereocenters. The highest BCUT2D eigenvalue weighted by atomic mass is 32.1. The first-order valence-electron chi connectivity index (χ1n) is 10.6. The van der Waals surface area contributed by atoms with Gasteiger partial charge in [0.1, 0.15) is 17.4 Å². The van der Waals surface area contributed by atoms with E-state index in [1.807, 2.05) is 12.1 Å². The van der Waals surface area contributed by atoms with Crippen molar-refractivity contribution in [2.24, 2.45) is 0 Å². The van der Waals surface area contributed by atoms with Crippen LogP contribution in [0.25, 0.3) is 6.08 Å². The predicted molar refractivity (Wildman–Crippen MR) is 122 cm³/mol. The van der Waals surface area contributed by atoms with Crippen molar-refractivity contribution in [2.45, 2.75) is 37.1 Å². The summed E-state index contributed by atoms with van der Waals surface area (Å²) in [6.07, 6.45) is 0.150. The van der Waals surface area contributed by atoms with Crippen molar-refractivity contribution >= 4 is 40.7 Å². The van der Waals surface area contributed by atoms with E-state index in [2.05, 4.69) is 0 Å². The number of amides is 1. The summed E-state index contributed by atoms with van der Waals surface area (Å²) in [6, 6.07) is 10.0. The maximum Gasteiger partial charge on any atom is 0.417 e. The van der Waals surface area contributed by atoms with Crippen molar-refractivity contribution in [3.8, 4) is 11.8 Å². The van der Waals surface area contributed by atoms with Crippen molar-refractivity contribution in [3.63, 3.8) is 0 Å². The van der Waals surface area contributed by atoms with E-state index in [9.17, 15) is 23.1 Å². The number of aliphatic hydroxyl groups excluding tert-OH is 1. The number of fused-ring (bicyclic) bond motifs is 1. The van der Waals surface area contributed by atoms with Crippen LogP contribution in [0.15, 0.2) is 42.5 Å². The van der Waals surface area contributed by atoms with Crippen molar-refractivity contribution in [1.82, 2.24) is 0 Å². The van der Waals surface area contributed by atoms with E-state index in [1.165, 1.54) is 6.07 Å². The van der Waals surface area contributed by atoms with Gasteiger partial charge in [0.05, 0.1) is 29.5 Å². The van der Waals surface area contributed by atoms with Crippen LogP contribution in [0.5, 0.6) is 5.75 Å². The average molecular weight is 485 g/mol. The van der Waals surface area contributed by atoms with Crippen LogP contribution in [0, 0.1) is 11.3 Å². The second-order valence-electron chi connectivity index (χ2n) is 8.40. The molecule has 34 heavy (non-hydrogen) atoms. The summed E-state index contributed by atoms with van der Waals surface area (Å²) in [5.74, 6) is 0.189. The third-order valence-electron chi connectivity index (χ3n) is 6.48. The van der Waals surface area contributed by atoms with Gasteiger partial charge in [-0.25, -0.2) is 0 Å². The van der Waals surface area contributed by atoms with E-state index in [4.69, 9.17) is 22.2 Å². The summed E-state index contributed by atoms with van der Waals surface area (Å²) >= 11 is 5.64. The van der Waals surface area contributed by atoms with Gasteiger partial charge >= 0.3 is 6.18 Å². The van der Waals surface area contributed by atoms with Crippen molar-refractivity contribution in [3.05, 3.63) is 59.2 Å². The monoisotopic (exact) mass is 485 g/mol. The molecule has 1 spiro atoms. The Hall–Kier alpha value is -3.42. The number of carbonyl (C=O) groups is 1. The zero-order valence-electron chi connectivity index (χ0n) is 17.7. The lowest BCUT2D eigenvalue weighted by Crippen LogP contribution is -2.55. The third-order valence-corrected chi connectivity index (χ3v) is 6.85. The topological polar surface area (TPSA) is 76.8 Å². The SMILES string of the molecule is N#Cc1ccc(N2C(=O)C3(CCC3)N(c3ccc4c(c3)C=C[C@H](CO)O4)C2=S)cc1C(F)(F)F. The molecule has 1 amide bonds. The molecule has 174 valence electrons. The third kappa shape index (κ3) is 3.27. The molecule has 6 nitrogen and oxygen atoms in total. The Balaban J connectivity index is 1.57. The van der Waals surface area contributed by atoms with Gasteiger partial charge in [-0.05, 0) is 74.0 Å². The zero-order chi connectivity index (χ0) is 24.3. The molecule has 0 radical (unpaired) electrons. The number of nitrogens with zero attached hydrogens (tertiary/aromatic N) is 3. The average Bonchev–Trinajstić information content (AvgIpc) is 3.04. The maximum absolute atomic E-state index is 13.6. The second kappa shape index (κ2) is 7.82. The minimum atomic E-state index is -4.75. The molecule has 5 rings (SSSR count). The Bertz CT molecular complexity index is 1280. The molecule has 0 aromatic heterocycles. The molecule has 2 fully saturated rings. The first-order valence-corrected chi connectivity index (χ1v) is 11.0. The number of halogens is 3. The van der Waals surface area contributed by atoms with Crippen LogP contribution in [0.4, 0.5) is 24.5 Å². The molecular weight excluding hydrogens is 467 g/mol. The van der Waals surface area contributed by atoms with Gasteiger partial charge in [-0.2, -0.15) is 18.4 Å². The lowest BCUT2D eigenvalue weighted by Gasteiger charge is -2.43. The Morgan fingerprint density at radius 3 is 2.56 bits per heavy atom. The molecule has 2 aromatic rings. The van der Waals surface area contributed by atoms with Gasteiger partial charge in [-0.3, -0.25) is 9.69 Å². The standard InChI is InChI=1S/C24H18F3N3O3S/c25-24(26,27)19-11-16(4-2-15(19)12-28)29-21(32)23(8-1-9-23)30(22(29)34)17-5-7-20-14(10-17)3-6-18(13-31)33-20/h2-7,10-11,18,31H,1,8-9,13H2/t18-/m1/s1. The molecule has 1 saturated heterocycles. The zero-order valence-corrected chi connectivity index (χ0v) is 18.5. The molecule has 1 saturated carbocycles. The van der Waals surface area contributed by atoms with Gasteiger partial charge in [0, 0.05) is 11.3 Å². The molecule has 1 aliphatic carbocycles. The smallest absolute Gasteiger partial charge is 0.417 e. The van der Waals surface area contributed by atoms with E-state index in [1.54, 1.807) is 29.2 Å². The fourth-order valence-electron chi connectivity index (χ4n) is 4.64. The molecule has 1 N–H and O–H groups in total. The van der Waals surface area contributed by atoms with Gasteiger partial charge in [-0.1, -0.05) is 6.08 Å². The summed E-state index contributed by atoms with van der Waals surface area (Å²) in [7, 11) is 0. The van der Waals surface area contributed by atoms with Gasteiger partial charge in [0.25, 0.3) is 5.91 Å². The van der Waals surface area contributed by atoms with E-state index in [0.29, 0.717) is 24.3 Å². The summed E-state index contributed by atoms with van der Waals surface area (Å²) in [5.41, 5.74) is -1.26. The van der Waals surface area contributed by atoms with Crippen molar-refractivity contribution < 1.29 is 27.8 Å². The van der Waals surface area contributed by atoms with Crippen LogP contribution >= 0.6 is 12.2 Å². The molecule has 2 aliphatic heterocycles. The van der Waals surface area contributed by atoms with Gasteiger partial charge in [-0.15, -0.1) is 0 Å². The minimum absolute atomic E-state index is 0.0259. The van der Waals surface area contributed by atoms with Gasteiger partial charge in [0.15, 0.2) is 5.11 Å². The first kappa shape index (κ1) is 22.4. The molecule has 2 aromatic carbocycles. The quantitative estimate of drug-likeness (QED) is 0.650. The number of carbonyl (C=O) groups excluding carboxylic acids is 1. The lowest BCUT2D eigenvalue weighted by atomic mass is 9.75. The Morgan fingerprint density at radius 2 is 1.94 bits per heavy atom. The number of ether oxygens (including phenoxy) is 1. The lowest BCUT2D eigenvalue weighted by molar-refractivity contribution is -0.137. The number of anilines is 2. The number of benzene rings is 2. The second-order valence-corrected chi connectivity index (χ2v) is 8.77. The minimum Gasteiger partial charge on any atom is -0.483 e. The highest BCUT2D eigenvalue weighted by Gasteiger charge is 2.59. The number of aliphatic hydroxyl groups is 1. The van der Waals surface area contributed by atoms with Gasteiger partial charge in [0.2, 0.25) is 0 Å². The molecule has 10 heteroatoms. The fraction of sp³-hybridized carbons (Fsp3) is 0.292. The van der Waals surface area contributed by atoms with Crippen molar-refractivity contribution in [1.29, 1.82) is 5.26 Å². The van der Waals surface area contributed by atoms with E-state index >= 15 is 0 Å². The molecule has 2 heterocycles. The molecule has 0 unspecified atom stereocenters. The van der Waals surface area contributed by atoms with E-state index in [-0.39, 0.29) is 23.3 Å². The Kier molecular flexibility index (Phi) is 5.15. The summed E-state index contributed by atoms with van der Waals surface area (Å²) in [5, 5.41) is 18.5. The molecule has 3 aliphatic rings.